The lowest BCUT2D eigenvalue weighted by Gasteiger charge is -2.22. The molecule has 0 heterocycles. The molecular weight excluding hydrogens is 246 g/mol. The zero-order valence-corrected chi connectivity index (χ0v) is 12.7. The Morgan fingerprint density at radius 1 is 1.21 bits per heavy atom. The van der Waals surface area contributed by atoms with Crippen molar-refractivity contribution in [3.63, 3.8) is 0 Å². The average molecular weight is 273 g/mol. The van der Waals surface area contributed by atoms with E-state index in [1.165, 1.54) is 0 Å². The number of carbonyl (C=O) groups excluding carboxylic acids is 1. The number of carboxylic acids is 1. The van der Waals surface area contributed by atoms with Gasteiger partial charge in [-0.1, -0.05) is 13.8 Å². The summed E-state index contributed by atoms with van der Waals surface area (Å²) in [6.45, 7) is 10.1. The minimum Gasteiger partial charge on any atom is -0.481 e. The number of hydrogen-bond donors (Lipinski definition) is 2. The molecule has 0 radical (unpaired) electrons. The highest BCUT2D eigenvalue weighted by Crippen LogP contribution is 2.20. The van der Waals surface area contributed by atoms with Gasteiger partial charge in [-0.15, -0.1) is 0 Å². The van der Waals surface area contributed by atoms with Crippen molar-refractivity contribution >= 4 is 12.1 Å². The van der Waals surface area contributed by atoms with Crippen LogP contribution in [-0.4, -0.2) is 29.3 Å². The average Bonchev–Trinajstić information content (AvgIpc) is 2.19. The molecular formula is C14H27NO4. The molecule has 0 fully saturated rings. The van der Waals surface area contributed by atoms with E-state index in [1.807, 2.05) is 20.8 Å². The fraction of sp³-hybridized carbons (Fsp3) is 0.857. The molecule has 5 heteroatoms. The number of amides is 1. The lowest BCUT2D eigenvalue weighted by molar-refractivity contribution is -0.137. The Morgan fingerprint density at radius 2 is 1.79 bits per heavy atom. The number of nitrogens with one attached hydrogen (secondary N) is 1. The van der Waals surface area contributed by atoms with Crippen molar-refractivity contribution in [3.8, 4) is 0 Å². The lowest BCUT2D eigenvalue weighted by Crippen LogP contribution is -2.33. The molecule has 0 spiro atoms. The van der Waals surface area contributed by atoms with Crippen molar-refractivity contribution in [3.05, 3.63) is 0 Å². The molecule has 1 amide bonds. The van der Waals surface area contributed by atoms with Crippen LogP contribution in [0.25, 0.3) is 0 Å². The van der Waals surface area contributed by atoms with E-state index < -0.39 is 17.7 Å². The molecule has 0 saturated heterocycles. The van der Waals surface area contributed by atoms with E-state index in [1.54, 1.807) is 0 Å². The van der Waals surface area contributed by atoms with Crippen molar-refractivity contribution in [2.24, 2.45) is 11.8 Å². The van der Waals surface area contributed by atoms with Crippen LogP contribution in [0.2, 0.25) is 0 Å². The second-order valence-electron chi connectivity index (χ2n) is 6.15. The van der Waals surface area contributed by atoms with Crippen LogP contribution in [0.15, 0.2) is 0 Å². The summed E-state index contributed by atoms with van der Waals surface area (Å²) in [6.07, 6.45) is 1.16. The molecule has 0 aromatic heterocycles. The summed E-state index contributed by atoms with van der Waals surface area (Å²) in [7, 11) is 0. The Labute approximate surface area is 115 Å². The molecule has 0 aliphatic carbocycles. The third kappa shape index (κ3) is 10.4. The van der Waals surface area contributed by atoms with Gasteiger partial charge < -0.3 is 15.2 Å². The predicted octanol–water partition coefficient (Wildman–Crippen LogP) is 3.04. The third-order valence-corrected chi connectivity index (χ3v) is 2.86. The number of carbonyl (C=O) groups is 2. The molecule has 0 rings (SSSR count). The first-order valence-electron chi connectivity index (χ1n) is 6.80. The molecule has 0 aliphatic rings. The Bertz CT molecular complexity index is 294. The number of alkyl carbamates (subject to hydrolysis) is 1. The van der Waals surface area contributed by atoms with Crippen molar-refractivity contribution in [1.29, 1.82) is 0 Å². The molecule has 0 aromatic carbocycles. The van der Waals surface area contributed by atoms with Gasteiger partial charge in [-0.05, 0) is 45.4 Å². The third-order valence-electron chi connectivity index (χ3n) is 2.86. The molecule has 0 saturated carbocycles. The van der Waals surface area contributed by atoms with Crippen LogP contribution in [0.3, 0.4) is 0 Å². The molecule has 1 unspecified atom stereocenters. The van der Waals surface area contributed by atoms with Crippen molar-refractivity contribution in [2.45, 2.75) is 59.5 Å². The first kappa shape index (κ1) is 17.7. The summed E-state index contributed by atoms with van der Waals surface area (Å²) in [6, 6.07) is 0. The maximum absolute atomic E-state index is 11.4. The van der Waals surface area contributed by atoms with Gasteiger partial charge in [0.15, 0.2) is 0 Å². The maximum Gasteiger partial charge on any atom is 0.407 e. The fourth-order valence-corrected chi connectivity index (χ4v) is 1.79. The van der Waals surface area contributed by atoms with Crippen molar-refractivity contribution in [1.82, 2.24) is 5.32 Å². The van der Waals surface area contributed by atoms with Gasteiger partial charge in [0, 0.05) is 13.0 Å². The van der Waals surface area contributed by atoms with E-state index in [2.05, 4.69) is 19.2 Å². The van der Waals surface area contributed by atoms with E-state index in [0.29, 0.717) is 24.8 Å². The zero-order chi connectivity index (χ0) is 15.1. The molecule has 1 atom stereocenters. The largest absolute Gasteiger partial charge is 0.481 e. The standard InChI is InChI=1S/C14H27NO4/c1-10(2)11(6-7-12(16)17)8-9-15-13(18)19-14(3,4)5/h10-11H,6-9H2,1-5H3,(H,15,18)(H,16,17). The number of aliphatic carboxylic acids is 1. The van der Waals surface area contributed by atoms with Gasteiger partial charge in [-0.2, -0.15) is 0 Å². The molecule has 0 aliphatic heterocycles. The van der Waals surface area contributed by atoms with Crippen LogP contribution in [0.1, 0.15) is 53.9 Å². The van der Waals surface area contributed by atoms with Gasteiger partial charge in [0.1, 0.15) is 5.60 Å². The van der Waals surface area contributed by atoms with Gasteiger partial charge in [0.25, 0.3) is 0 Å². The normalized spacial score (nSPS) is 13.2. The van der Waals surface area contributed by atoms with Crippen LogP contribution < -0.4 is 5.32 Å². The Balaban J connectivity index is 3.99. The van der Waals surface area contributed by atoms with Gasteiger partial charge in [-0.3, -0.25) is 4.79 Å². The molecule has 2 N–H and O–H groups in total. The molecule has 0 bridgehead atoms. The summed E-state index contributed by atoms with van der Waals surface area (Å²) in [5, 5.41) is 11.4. The highest BCUT2D eigenvalue weighted by Gasteiger charge is 2.18. The van der Waals surface area contributed by atoms with Crippen LogP contribution in [0, 0.1) is 11.8 Å². The van der Waals surface area contributed by atoms with E-state index in [-0.39, 0.29) is 6.42 Å². The predicted molar refractivity (Wildman–Crippen MR) is 74.1 cm³/mol. The van der Waals surface area contributed by atoms with Gasteiger partial charge in [0.05, 0.1) is 0 Å². The van der Waals surface area contributed by atoms with Crippen molar-refractivity contribution < 1.29 is 19.4 Å². The highest BCUT2D eigenvalue weighted by molar-refractivity contribution is 5.67. The first-order valence-corrected chi connectivity index (χ1v) is 6.80. The molecule has 19 heavy (non-hydrogen) atoms. The SMILES string of the molecule is CC(C)C(CCNC(=O)OC(C)(C)C)CCC(=O)O. The Hall–Kier alpha value is -1.26. The molecule has 112 valence electrons. The Kier molecular flexibility index (Phi) is 7.49. The highest BCUT2D eigenvalue weighted by atomic mass is 16.6. The van der Waals surface area contributed by atoms with Gasteiger partial charge in [-0.25, -0.2) is 4.79 Å². The van der Waals surface area contributed by atoms with E-state index >= 15 is 0 Å². The van der Waals surface area contributed by atoms with Crippen LogP contribution in [0.4, 0.5) is 4.79 Å². The number of carboxylic acid groups (broad SMARTS) is 1. The van der Waals surface area contributed by atoms with E-state index in [9.17, 15) is 9.59 Å². The first-order chi connectivity index (χ1) is 8.61. The topological polar surface area (TPSA) is 75.6 Å². The summed E-state index contributed by atoms with van der Waals surface area (Å²) >= 11 is 0. The van der Waals surface area contributed by atoms with Crippen LogP contribution in [-0.2, 0) is 9.53 Å². The van der Waals surface area contributed by atoms with E-state index in [0.717, 1.165) is 6.42 Å². The van der Waals surface area contributed by atoms with Crippen LogP contribution in [0.5, 0.6) is 0 Å². The number of ether oxygens (including phenoxy) is 1. The van der Waals surface area contributed by atoms with E-state index in [4.69, 9.17) is 9.84 Å². The minimum absolute atomic E-state index is 0.176. The monoisotopic (exact) mass is 273 g/mol. The zero-order valence-electron chi connectivity index (χ0n) is 12.7. The smallest absolute Gasteiger partial charge is 0.407 e. The summed E-state index contributed by atoms with van der Waals surface area (Å²) in [5.41, 5.74) is -0.495. The quantitative estimate of drug-likeness (QED) is 0.747. The fourth-order valence-electron chi connectivity index (χ4n) is 1.79. The second kappa shape index (κ2) is 8.02. The summed E-state index contributed by atoms with van der Waals surface area (Å²) in [4.78, 5) is 22.0. The number of rotatable bonds is 7. The lowest BCUT2D eigenvalue weighted by atomic mass is 9.88. The minimum atomic E-state index is -0.772. The van der Waals surface area contributed by atoms with Crippen LogP contribution >= 0.6 is 0 Å². The van der Waals surface area contributed by atoms with Gasteiger partial charge in [0.2, 0.25) is 0 Å². The number of hydrogen-bond acceptors (Lipinski definition) is 3. The van der Waals surface area contributed by atoms with Crippen molar-refractivity contribution in [2.75, 3.05) is 6.54 Å². The molecule has 5 nitrogen and oxygen atoms in total. The van der Waals surface area contributed by atoms with Gasteiger partial charge >= 0.3 is 12.1 Å². The summed E-state index contributed by atoms with van der Waals surface area (Å²) < 4.78 is 5.13. The molecule has 0 aromatic rings. The Morgan fingerprint density at radius 3 is 2.21 bits per heavy atom. The second-order valence-corrected chi connectivity index (χ2v) is 6.15. The summed E-state index contributed by atoms with van der Waals surface area (Å²) in [5.74, 6) is -0.0726. The maximum atomic E-state index is 11.4.